The second kappa shape index (κ2) is 8.26. The Morgan fingerprint density at radius 1 is 1.33 bits per heavy atom. The molecule has 1 aliphatic rings. The van der Waals surface area contributed by atoms with Gasteiger partial charge in [0.2, 0.25) is 0 Å². The average Bonchev–Trinajstić information content (AvgIpc) is 2.67. The van der Waals surface area contributed by atoms with Crippen LogP contribution in [0.2, 0.25) is 0 Å². The Kier molecular flexibility index (Phi) is 5.81. The number of ether oxygens (including phenoxy) is 3. The summed E-state index contributed by atoms with van der Waals surface area (Å²) in [4.78, 5) is 23.9. The van der Waals surface area contributed by atoms with E-state index in [1.54, 1.807) is 37.5 Å². The fraction of sp³-hybridized carbons (Fsp3) is 0.200. The zero-order chi connectivity index (χ0) is 19.4. The molecule has 0 unspecified atom stereocenters. The number of allylic oxidation sites excluding steroid dienone is 1. The molecular formula is C20H18BrNO5. The lowest BCUT2D eigenvalue weighted by atomic mass is 10.1. The van der Waals surface area contributed by atoms with Crippen LogP contribution in [0.15, 0.2) is 40.9 Å². The van der Waals surface area contributed by atoms with Crippen molar-refractivity contribution in [2.24, 2.45) is 0 Å². The van der Waals surface area contributed by atoms with Gasteiger partial charge in [0.25, 0.3) is 5.91 Å². The van der Waals surface area contributed by atoms with Crippen LogP contribution < -0.4 is 19.5 Å². The smallest absolute Gasteiger partial charge is 0.262 e. The van der Waals surface area contributed by atoms with Crippen molar-refractivity contribution in [3.63, 3.8) is 0 Å². The Hall–Kier alpha value is -2.80. The van der Waals surface area contributed by atoms with E-state index in [0.29, 0.717) is 35.1 Å². The summed E-state index contributed by atoms with van der Waals surface area (Å²) in [5.74, 6) is 1.31. The molecule has 27 heavy (non-hydrogen) atoms. The molecule has 140 valence electrons. The number of hydrogen-bond donors (Lipinski definition) is 1. The molecular weight excluding hydrogens is 414 g/mol. The quantitative estimate of drug-likeness (QED) is 0.550. The van der Waals surface area contributed by atoms with Crippen LogP contribution in [0.25, 0.3) is 6.08 Å². The van der Waals surface area contributed by atoms with Gasteiger partial charge < -0.3 is 19.5 Å². The largest absolute Gasteiger partial charge is 0.493 e. The molecule has 1 N–H and O–H groups in total. The second-order valence-electron chi connectivity index (χ2n) is 5.71. The molecule has 2 aromatic carbocycles. The monoisotopic (exact) mass is 431 g/mol. The first kappa shape index (κ1) is 19.0. The molecule has 0 bridgehead atoms. The summed E-state index contributed by atoms with van der Waals surface area (Å²) < 4.78 is 17.0. The predicted molar refractivity (Wildman–Crippen MR) is 106 cm³/mol. The molecule has 2 aromatic rings. The van der Waals surface area contributed by atoms with Crippen LogP contribution in [0, 0.1) is 0 Å². The molecule has 0 saturated carbocycles. The topological polar surface area (TPSA) is 73.9 Å². The molecule has 0 saturated heterocycles. The molecule has 1 aliphatic heterocycles. The first-order chi connectivity index (χ1) is 13.0. The van der Waals surface area contributed by atoms with Gasteiger partial charge in [-0.2, -0.15) is 0 Å². The highest BCUT2D eigenvalue weighted by molar-refractivity contribution is 9.10. The number of rotatable bonds is 6. The minimum absolute atomic E-state index is 0.0192. The lowest BCUT2D eigenvalue weighted by Gasteiger charge is -2.18. The van der Waals surface area contributed by atoms with E-state index in [2.05, 4.69) is 21.2 Å². The molecule has 6 nitrogen and oxygen atoms in total. The Morgan fingerprint density at radius 3 is 2.89 bits per heavy atom. The van der Waals surface area contributed by atoms with Crippen molar-refractivity contribution in [3.05, 3.63) is 52.0 Å². The Labute approximate surface area is 165 Å². The summed E-state index contributed by atoms with van der Waals surface area (Å²) in [6.07, 6.45) is 3.16. The van der Waals surface area contributed by atoms with Gasteiger partial charge >= 0.3 is 0 Å². The SMILES string of the molecule is CCOc1c(Br)cc(/C=C/C(=O)c2ccc3c(c2)NC(=O)CO3)cc1OC. The molecule has 0 atom stereocenters. The van der Waals surface area contributed by atoms with E-state index in [1.165, 1.54) is 6.08 Å². The van der Waals surface area contributed by atoms with Gasteiger partial charge in [-0.1, -0.05) is 6.08 Å². The van der Waals surface area contributed by atoms with Gasteiger partial charge in [-0.05, 0) is 64.8 Å². The second-order valence-corrected chi connectivity index (χ2v) is 6.57. The van der Waals surface area contributed by atoms with Crippen LogP contribution in [-0.2, 0) is 4.79 Å². The minimum atomic E-state index is -0.242. The van der Waals surface area contributed by atoms with E-state index in [0.717, 1.165) is 10.0 Å². The van der Waals surface area contributed by atoms with E-state index in [1.807, 2.05) is 13.0 Å². The normalized spacial score (nSPS) is 12.9. The zero-order valence-corrected chi connectivity index (χ0v) is 16.5. The number of methoxy groups -OCH3 is 1. The zero-order valence-electron chi connectivity index (χ0n) is 14.9. The number of ketones is 1. The molecule has 0 spiro atoms. The molecule has 0 aliphatic carbocycles. The van der Waals surface area contributed by atoms with Crippen LogP contribution >= 0.6 is 15.9 Å². The van der Waals surface area contributed by atoms with Crippen molar-refractivity contribution in [1.82, 2.24) is 0 Å². The first-order valence-corrected chi connectivity index (χ1v) is 9.10. The highest BCUT2D eigenvalue weighted by Gasteiger charge is 2.17. The number of fused-ring (bicyclic) bond motifs is 1. The van der Waals surface area contributed by atoms with Gasteiger partial charge in [0.05, 0.1) is 23.9 Å². The van der Waals surface area contributed by atoms with Crippen molar-refractivity contribution >= 4 is 39.4 Å². The van der Waals surface area contributed by atoms with Crippen molar-refractivity contribution in [1.29, 1.82) is 0 Å². The number of carbonyl (C=O) groups is 2. The fourth-order valence-electron chi connectivity index (χ4n) is 2.62. The number of benzene rings is 2. The number of anilines is 1. The summed E-state index contributed by atoms with van der Waals surface area (Å²) in [6.45, 7) is 2.39. The van der Waals surface area contributed by atoms with E-state index < -0.39 is 0 Å². The van der Waals surface area contributed by atoms with Crippen molar-refractivity contribution in [2.75, 3.05) is 25.6 Å². The molecule has 3 rings (SSSR count). The van der Waals surface area contributed by atoms with Crippen LogP contribution in [0.1, 0.15) is 22.8 Å². The average molecular weight is 432 g/mol. The van der Waals surface area contributed by atoms with E-state index in [-0.39, 0.29) is 18.3 Å². The van der Waals surface area contributed by atoms with Gasteiger partial charge in [0.15, 0.2) is 23.9 Å². The van der Waals surface area contributed by atoms with Gasteiger partial charge in [0, 0.05) is 5.56 Å². The van der Waals surface area contributed by atoms with Gasteiger partial charge in [-0.3, -0.25) is 9.59 Å². The Morgan fingerprint density at radius 2 is 2.15 bits per heavy atom. The van der Waals surface area contributed by atoms with Crippen molar-refractivity contribution in [3.8, 4) is 17.2 Å². The summed E-state index contributed by atoms with van der Waals surface area (Å²) in [6, 6.07) is 8.58. The molecule has 1 heterocycles. The molecule has 0 aromatic heterocycles. The maximum atomic E-state index is 12.5. The number of halogens is 1. The Bertz CT molecular complexity index is 923. The third-order valence-electron chi connectivity index (χ3n) is 3.86. The number of hydrogen-bond acceptors (Lipinski definition) is 5. The first-order valence-electron chi connectivity index (χ1n) is 8.31. The maximum Gasteiger partial charge on any atom is 0.262 e. The summed E-state index contributed by atoms with van der Waals surface area (Å²) >= 11 is 3.46. The molecule has 0 radical (unpaired) electrons. The number of nitrogens with one attached hydrogen (secondary N) is 1. The van der Waals surface area contributed by atoms with Crippen LogP contribution in [-0.4, -0.2) is 32.0 Å². The predicted octanol–water partition coefficient (Wildman–Crippen LogP) is 4.08. The fourth-order valence-corrected chi connectivity index (χ4v) is 3.20. The lowest BCUT2D eigenvalue weighted by molar-refractivity contribution is -0.118. The van der Waals surface area contributed by atoms with Gasteiger partial charge in [-0.25, -0.2) is 0 Å². The van der Waals surface area contributed by atoms with Crippen LogP contribution in [0.5, 0.6) is 17.2 Å². The Balaban J connectivity index is 1.82. The summed E-state index contributed by atoms with van der Waals surface area (Å²) in [5.41, 5.74) is 1.73. The van der Waals surface area contributed by atoms with Crippen molar-refractivity contribution < 1.29 is 23.8 Å². The summed E-state index contributed by atoms with van der Waals surface area (Å²) in [7, 11) is 1.56. The van der Waals surface area contributed by atoms with Gasteiger partial charge in [-0.15, -0.1) is 0 Å². The van der Waals surface area contributed by atoms with E-state index in [4.69, 9.17) is 14.2 Å². The van der Waals surface area contributed by atoms with Crippen LogP contribution in [0.4, 0.5) is 5.69 Å². The van der Waals surface area contributed by atoms with E-state index in [9.17, 15) is 9.59 Å². The highest BCUT2D eigenvalue weighted by Crippen LogP contribution is 2.37. The van der Waals surface area contributed by atoms with E-state index >= 15 is 0 Å². The molecule has 0 fully saturated rings. The molecule has 7 heteroatoms. The standard InChI is InChI=1S/C20H18BrNO5/c1-3-26-20-14(21)8-12(9-18(20)25-2)4-6-16(23)13-5-7-17-15(10-13)22-19(24)11-27-17/h4-10H,3,11H2,1-2H3,(H,22,24)/b6-4+. The molecule has 1 amide bonds. The maximum absolute atomic E-state index is 12.5. The summed E-state index contributed by atoms with van der Waals surface area (Å²) in [5, 5.41) is 2.69. The minimum Gasteiger partial charge on any atom is -0.493 e. The third kappa shape index (κ3) is 4.31. The van der Waals surface area contributed by atoms with Crippen LogP contribution in [0.3, 0.4) is 0 Å². The number of amides is 1. The van der Waals surface area contributed by atoms with Gasteiger partial charge in [0.1, 0.15) is 5.75 Å². The highest BCUT2D eigenvalue weighted by atomic mass is 79.9. The lowest BCUT2D eigenvalue weighted by Crippen LogP contribution is -2.25. The van der Waals surface area contributed by atoms with Crippen molar-refractivity contribution in [2.45, 2.75) is 6.92 Å². The third-order valence-corrected chi connectivity index (χ3v) is 4.45. The number of carbonyl (C=O) groups excluding carboxylic acids is 2.